The maximum Gasteiger partial charge on any atom is 0.224 e. The Morgan fingerprint density at radius 1 is 1.54 bits per heavy atom. The highest BCUT2D eigenvalue weighted by Crippen LogP contribution is 2.24. The van der Waals surface area contributed by atoms with Gasteiger partial charge in [0.25, 0.3) is 0 Å². The van der Waals surface area contributed by atoms with Crippen LogP contribution < -0.4 is 5.32 Å². The summed E-state index contributed by atoms with van der Waals surface area (Å²) in [6.07, 6.45) is 2.56. The molecule has 1 amide bonds. The largest absolute Gasteiger partial charge is 0.381 e. The lowest BCUT2D eigenvalue weighted by molar-refractivity contribution is -0.131. The van der Waals surface area contributed by atoms with Gasteiger partial charge in [-0.15, -0.1) is 11.3 Å². The van der Waals surface area contributed by atoms with E-state index in [1.165, 1.54) is 10.4 Å². The quantitative estimate of drug-likeness (QED) is 0.607. The third kappa shape index (κ3) is 4.98. The van der Waals surface area contributed by atoms with Crippen molar-refractivity contribution in [3.8, 4) is 0 Å². The molecule has 0 aliphatic carbocycles. The van der Waals surface area contributed by atoms with Gasteiger partial charge < -0.3 is 19.9 Å². The van der Waals surface area contributed by atoms with Gasteiger partial charge in [-0.25, -0.2) is 0 Å². The lowest BCUT2D eigenvalue weighted by Gasteiger charge is -2.27. The predicted molar refractivity (Wildman–Crippen MR) is 106 cm³/mol. The van der Waals surface area contributed by atoms with Gasteiger partial charge in [0.05, 0.1) is 13.2 Å². The highest BCUT2D eigenvalue weighted by Gasteiger charge is 2.22. The fourth-order valence-corrected chi connectivity index (χ4v) is 4.44. The first-order valence-electron chi connectivity index (χ1n) is 9.57. The number of nitrogens with zero attached hydrogens (tertiary/aromatic N) is 3. The van der Waals surface area contributed by atoms with Crippen LogP contribution in [0.5, 0.6) is 0 Å². The van der Waals surface area contributed by atoms with Crippen molar-refractivity contribution in [1.82, 2.24) is 15.1 Å². The molecule has 0 bridgehead atoms. The number of amides is 1. The van der Waals surface area contributed by atoms with Gasteiger partial charge in [0.1, 0.15) is 0 Å². The number of thiophene rings is 1. The summed E-state index contributed by atoms with van der Waals surface area (Å²) in [5, 5.41) is 5.45. The molecular weight excluding hydrogens is 348 g/mol. The maximum atomic E-state index is 12.5. The predicted octanol–water partition coefficient (Wildman–Crippen LogP) is 1.96. The average molecular weight is 379 g/mol. The Balaban J connectivity index is 1.48. The van der Waals surface area contributed by atoms with E-state index in [2.05, 4.69) is 40.6 Å². The van der Waals surface area contributed by atoms with Crippen LogP contribution in [0.4, 0.5) is 0 Å². The van der Waals surface area contributed by atoms with Crippen molar-refractivity contribution in [3.05, 3.63) is 21.9 Å². The summed E-state index contributed by atoms with van der Waals surface area (Å²) >= 11 is 1.80. The number of guanidine groups is 1. The monoisotopic (exact) mass is 378 g/mol. The summed E-state index contributed by atoms with van der Waals surface area (Å²) in [5.41, 5.74) is 1.31. The molecule has 2 aliphatic heterocycles. The van der Waals surface area contributed by atoms with Crippen molar-refractivity contribution in [1.29, 1.82) is 0 Å². The topological polar surface area (TPSA) is 57.2 Å². The van der Waals surface area contributed by atoms with Crippen molar-refractivity contribution in [2.75, 3.05) is 46.4 Å². The van der Waals surface area contributed by atoms with Crippen LogP contribution in [0.15, 0.2) is 16.4 Å². The number of hydrogen-bond acceptors (Lipinski definition) is 4. The minimum atomic E-state index is 0.202. The molecule has 0 spiro atoms. The number of fused-ring (bicyclic) bond motifs is 1. The fraction of sp³-hybridized carbons (Fsp3) is 0.684. The summed E-state index contributed by atoms with van der Waals surface area (Å²) in [4.78, 5) is 22.8. The molecule has 1 unspecified atom stereocenters. The molecule has 6 nitrogen and oxygen atoms in total. The van der Waals surface area contributed by atoms with E-state index >= 15 is 0 Å². The first kappa shape index (κ1) is 19.2. The fourth-order valence-electron chi connectivity index (χ4n) is 3.55. The zero-order valence-electron chi connectivity index (χ0n) is 15.9. The van der Waals surface area contributed by atoms with E-state index in [0.717, 1.165) is 58.2 Å². The van der Waals surface area contributed by atoms with Crippen LogP contribution in [0.2, 0.25) is 0 Å². The smallest absolute Gasteiger partial charge is 0.224 e. The highest BCUT2D eigenvalue weighted by molar-refractivity contribution is 7.10. The van der Waals surface area contributed by atoms with Gasteiger partial charge >= 0.3 is 0 Å². The number of carbonyl (C=O) groups excluding carboxylic acids is 1. The second kappa shape index (κ2) is 9.37. The normalized spacial score (nSPS) is 20.2. The molecule has 1 N–H and O–H groups in total. The molecule has 2 aliphatic rings. The molecule has 1 aromatic rings. The maximum absolute atomic E-state index is 12.5. The second-order valence-corrected chi connectivity index (χ2v) is 8.03. The van der Waals surface area contributed by atoms with Crippen LogP contribution in [0, 0.1) is 5.92 Å². The Morgan fingerprint density at radius 2 is 2.42 bits per heavy atom. The van der Waals surface area contributed by atoms with Crippen molar-refractivity contribution >= 4 is 23.2 Å². The molecular formula is C19H30N4O2S. The number of hydrogen-bond donors (Lipinski definition) is 1. The first-order valence-corrected chi connectivity index (χ1v) is 10.5. The van der Waals surface area contributed by atoms with E-state index in [0.29, 0.717) is 18.9 Å². The average Bonchev–Trinajstić information content (AvgIpc) is 3.31. The first-order chi connectivity index (χ1) is 12.7. The lowest BCUT2D eigenvalue weighted by atomic mass is 10.1. The van der Waals surface area contributed by atoms with Gasteiger partial charge in [-0.2, -0.15) is 0 Å². The molecule has 1 atom stereocenters. The van der Waals surface area contributed by atoms with Crippen molar-refractivity contribution in [2.45, 2.75) is 32.7 Å². The number of nitrogens with one attached hydrogen (secondary N) is 1. The molecule has 144 valence electrons. The Kier molecular flexibility index (Phi) is 6.91. The molecule has 0 radical (unpaired) electrons. The van der Waals surface area contributed by atoms with E-state index in [1.807, 2.05) is 4.90 Å². The van der Waals surface area contributed by atoms with Gasteiger partial charge in [0.2, 0.25) is 5.91 Å². The molecule has 1 fully saturated rings. The molecule has 7 heteroatoms. The van der Waals surface area contributed by atoms with Gasteiger partial charge in [0.15, 0.2) is 5.96 Å². The Labute approximate surface area is 160 Å². The zero-order chi connectivity index (χ0) is 18.4. The third-order valence-electron chi connectivity index (χ3n) is 5.00. The molecule has 1 saturated heterocycles. The minimum Gasteiger partial charge on any atom is -0.381 e. The number of ether oxygens (including phenoxy) is 1. The molecule has 0 saturated carbocycles. The van der Waals surface area contributed by atoms with Crippen LogP contribution in [-0.2, 0) is 22.5 Å². The lowest BCUT2D eigenvalue weighted by Crippen LogP contribution is -2.41. The highest BCUT2D eigenvalue weighted by atomic mass is 32.1. The zero-order valence-corrected chi connectivity index (χ0v) is 16.7. The number of aliphatic imine (C=N–C) groups is 1. The molecule has 3 heterocycles. The Morgan fingerprint density at radius 3 is 3.19 bits per heavy atom. The summed E-state index contributed by atoms with van der Waals surface area (Å²) in [6, 6.07) is 2.14. The summed E-state index contributed by atoms with van der Waals surface area (Å²) in [6.45, 7) is 7.64. The van der Waals surface area contributed by atoms with Crippen LogP contribution in [-0.4, -0.2) is 68.1 Å². The molecule has 1 aromatic heterocycles. The molecule has 3 rings (SSSR count). The third-order valence-corrected chi connectivity index (χ3v) is 6.02. The standard InChI is InChI=1S/C19H30N4O2S/c1-3-20-19(22(2)12-15-6-10-25-14-15)21-8-4-18(24)23-9-5-17-16(13-23)7-11-26-17/h7,11,15H,3-6,8-10,12-14H2,1-2H3,(H,20,21). The van der Waals surface area contributed by atoms with Crippen LogP contribution in [0.25, 0.3) is 0 Å². The van der Waals surface area contributed by atoms with Gasteiger partial charge in [-0.05, 0) is 36.8 Å². The van der Waals surface area contributed by atoms with Crippen LogP contribution in [0.3, 0.4) is 0 Å². The van der Waals surface area contributed by atoms with E-state index in [4.69, 9.17) is 4.74 Å². The summed E-state index contributed by atoms with van der Waals surface area (Å²) < 4.78 is 5.46. The Bertz CT molecular complexity index is 625. The van der Waals surface area contributed by atoms with Gasteiger partial charge in [-0.3, -0.25) is 9.79 Å². The SMILES string of the molecule is CCNC(=NCCC(=O)N1CCc2sccc2C1)N(C)CC1CCOC1. The second-order valence-electron chi connectivity index (χ2n) is 7.03. The minimum absolute atomic E-state index is 0.202. The van der Waals surface area contributed by atoms with Gasteiger partial charge in [-0.1, -0.05) is 0 Å². The van der Waals surface area contributed by atoms with Crippen LogP contribution >= 0.6 is 11.3 Å². The van der Waals surface area contributed by atoms with Crippen LogP contribution in [0.1, 0.15) is 30.2 Å². The van der Waals surface area contributed by atoms with E-state index < -0.39 is 0 Å². The Hall–Kier alpha value is -1.60. The van der Waals surface area contributed by atoms with Crippen molar-refractivity contribution in [2.24, 2.45) is 10.9 Å². The number of rotatable bonds is 6. The van der Waals surface area contributed by atoms with E-state index in [9.17, 15) is 4.79 Å². The summed E-state index contributed by atoms with van der Waals surface area (Å²) in [7, 11) is 2.06. The molecule has 0 aromatic carbocycles. The van der Waals surface area contributed by atoms with E-state index in [1.54, 1.807) is 11.3 Å². The van der Waals surface area contributed by atoms with Gasteiger partial charge in [0, 0.05) is 57.0 Å². The van der Waals surface area contributed by atoms with Crippen molar-refractivity contribution in [3.63, 3.8) is 0 Å². The van der Waals surface area contributed by atoms with E-state index in [-0.39, 0.29) is 5.91 Å². The number of carbonyl (C=O) groups is 1. The van der Waals surface area contributed by atoms with Crippen molar-refractivity contribution < 1.29 is 9.53 Å². The molecule has 26 heavy (non-hydrogen) atoms. The summed E-state index contributed by atoms with van der Waals surface area (Å²) in [5.74, 6) is 1.65.